The number of rotatable bonds is 6. The van der Waals surface area contributed by atoms with E-state index in [9.17, 15) is 9.18 Å². The second-order valence-electron chi connectivity index (χ2n) is 5.98. The fraction of sp³-hybridized carbons (Fsp3) is 0.100. The Balaban J connectivity index is 1.56. The van der Waals surface area contributed by atoms with Gasteiger partial charge in [0, 0.05) is 17.6 Å². The molecule has 0 unspecified atom stereocenters. The SMILES string of the molecule is Cc1ccc(-c2nc(NC(=O)COc3ccccc3F)cc(-c3nccs3)n2)o1. The minimum atomic E-state index is -0.538. The lowest BCUT2D eigenvalue weighted by molar-refractivity contribution is -0.118. The number of nitrogens with zero attached hydrogens (tertiary/aromatic N) is 3. The van der Waals surface area contributed by atoms with Crippen LogP contribution in [0.4, 0.5) is 10.2 Å². The molecule has 0 bridgehead atoms. The lowest BCUT2D eigenvalue weighted by Crippen LogP contribution is -2.21. The topological polar surface area (TPSA) is 90.1 Å². The van der Waals surface area contributed by atoms with Gasteiger partial charge in [0.2, 0.25) is 0 Å². The number of ether oxygens (including phenoxy) is 1. The van der Waals surface area contributed by atoms with Gasteiger partial charge in [-0.1, -0.05) is 12.1 Å². The zero-order valence-corrected chi connectivity index (χ0v) is 16.1. The Morgan fingerprint density at radius 1 is 1.24 bits per heavy atom. The van der Waals surface area contributed by atoms with Crippen LogP contribution < -0.4 is 10.1 Å². The van der Waals surface area contributed by atoms with E-state index in [1.807, 2.05) is 12.3 Å². The van der Waals surface area contributed by atoms with E-state index in [1.165, 1.54) is 23.5 Å². The average Bonchev–Trinajstić information content (AvgIpc) is 3.39. The molecule has 29 heavy (non-hydrogen) atoms. The number of carbonyl (C=O) groups excluding carboxylic acids is 1. The van der Waals surface area contributed by atoms with Gasteiger partial charge in [0.15, 0.2) is 29.8 Å². The molecule has 9 heteroatoms. The second-order valence-corrected chi connectivity index (χ2v) is 6.87. The predicted octanol–water partition coefficient (Wildman–Crippen LogP) is 4.33. The van der Waals surface area contributed by atoms with Gasteiger partial charge in [-0.3, -0.25) is 4.79 Å². The molecule has 0 spiro atoms. The smallest absolute Gasteiger partial charge is 0.263 e. The van der Waals surface area contributed by atoms with Crippen LogP contribution in [0.25, 0.3) is 22.3 Å². The van der Waals surface area contributed by atoms with Crippen LogP contribution in [-0.2, 0) is 4.79 Å². The fourth-order valence-corrected chi connectivity index (χ4v) is 3.12. The molecule has 1 aromatic carbocycles. The van der Waals surface area contributed by atoms with Gasteiger partial charge in [-0.2, -0.15) is 0 Å². The van der Waals surface area contributed by atoms with Crippen molar-refractivity contribution in [3.05, 3.63) is 65.6 Å². The van der Waals surface area contributed by atoms with Gasteiger partial charge in [0.1, 0.15) is 22.3 Å². The number of thiazole rings is 1. The lowest BCUT2D eigenvalue weighted by atomic mass is 10.3. The van der Waals surface area contributed by atoms with Crippen molar-refractivity contribution in [1.29, 1.82) is 0 Å². The van der Waals surface area contributed by atoms with Gasteiger partial charge in [-0.25, -0.2) is 19.3 Å². The molecule has 0 aliphatic rings. The minimum absolute atomic E-state index is 0.000520. The summed E-state index contributed by atoms with van der Waals surface area (Å²) in [5, 5.41) is 5.15. The number of anilines is 1. The summed E-state index contributed by atoms with van der Waals surface area (Å²) in [6, 6.07) is 11.0. The van der Waals surface area contributed by atoms with Crippen molar-refractivity contribution in [2.24, 2.45) is 0 Å². The highest BCUT2D eigenvalue weighted by molar-refractivity contribution is 7.13. The molecular weight excluding hydrogens is 395 g/mol. The van der Waals surface area contributed by atoms with Crippen LogP contribution in [0.15, 0.2) is 58.5 Å². The summed E-state index contributed by atoms with van der Waals surface area (Å²) < 4.78 is 24.5. The number of benzene rings is 1. The molecule has 3 aromatic heterocycles. The summed E-state index contributed by atoms with van der Waals surface area (Å²) in [6.45, 7) is 1.45. The third-order valence-corrected chi connectivity index (χ3v) is 4.60. The van der Waals surface area contributed by atoms with Crippen LogP contribution in [-0.4, -0.2) is 27.5 Å². The van der Waals surface area contributed by atoms with E-state index in [0.717, 1.165) is 0 Å². The fourth-order valence-electron chi connectivity index (χ4n) is 2.52. The summed E-state index contributed by atoms with van der Waals surface area (Å²) in [7, 11) is 0. The molecule has 0 saturated heterocycles. The first-order chi connectivity index (χ1) is 14.1. The van der Waals surface area contributed by atoms with Gasteiger partial charge in [-0.15, -0.1) is 11.3 Å². The average molecular weight is 410 g/mol. The third-order valence-electron chi connectivity index (χ3n) is 3.80. The number of aryl methyl sites for hydroxylation is 1. The first-order valence-electron chi connectivity index (χ1n) is 8.61. The van der Waals surface area contributed by atoms with Gasteiger partial charge >= 0.3 is 0 Å². The summed E-state index contributed by atoms with van der Waals surface area (Å²) in [5.74, 6) is 0.738. The Hall–Kier alpha value is -3.59. The minimum Gasteiger partial charge on any atom is -0.481 e. The zero-order valence-electron chi connectivity index (χ0n) is 15.3. The van der Waals surface area contributed by atoms with Crippen molar-refractivity contribution >= 4 is 23.1 Å². The molecule has 0 aliphatic carbocycles. The number of aromatic nitrogens is 3. The molecule has 0 atom stereocenters. The van der Waals surface area contributed by atoms with Crippen molar-refractivity contribution < 1.29 is 18.3 Å². The molecule has 0 saturated carbocycles. The third kappa shape index (κ3) is 4.46. The van der Waals surface area contributed by atoms with Crippen molar-refractivity contribution in [2.45, 2.75) is 6.92 Å². The molecule has 0 fully saturated rings. The molecular formula is C20H15FN4O3S. The van der Waals surface area contributed by atoms with Gasteiger partial charge < -0.3 is 14.5 Å². The Labute approximate surface area is 169 Å². The van der Waals surface area contributed by atoms with Crippen molar-refractivity contribution in [2.75, 3.05) is 11.9 Å². The highest BCUT2D eigenvalue weighted by atomic mass is 32.1. The monoisotopic (exact) mass is 410 g/mol. The van der Waals surface area contributed by atoms with Crippen LogP contribution in [0.5, 0.6) is 5.75 Å². The molecule has 0 radical (unpaired) electrons. The normalized spacial score (nSPS) is 10.7. The molecule has 3 heterocycles. The molecule has 1 N–H and O–H groups in total. The maximum absolute atomic E-state index is 13.6. The van der Waals surface area contributed by atoms with Crippen molar-refractivity contribution in [3.63, 3.8) is 0 Å². The van der Waals surface area contributed by atoms with Gasteiger partial charge in [-0.05, 0) is 31.2 Å². The van der Waals surface area contributed by atoms with E-state index in [2.05, 4.69) is 20.3 Å². The van der Waals surface area contributed by atoms with E-state index >= 15 is 0 Å². The Morgan fingerprint density at radius 3 is 2.83 bits per heavy atom. The van der Waals surface area contributed by atoms with E-state index in [-0.39, 0.29) is 18.2 Å². The number of amides is 1. The van der Waals surface area contributed by atoms with Crippen LogP contribution in [0, 0.1) is 12.7 Å². The van der Waals surface area contributed by atoms with Crippen LogP contribution >= 0.6 is 11.3 Å². The molecule has 1 amide bonds. The maximum atomic E-state index is 13.6. The van der Waals surface area contributed by atoms with E-state index in [1.54, 1.807) is 36.5 Å². The number of carbonyl (C=O) groups is 1. The van der Waals surface area contributed by atoms with Crippen LogP contribution in [0.3, 0.4) is 0 Å². The number of hydrogen-bond acceptors (Lipinski definition) is 7. The number of halogens is 1. The van der Waals surface area contributed by atoms with E-state index in [4.69, 9.17) is 9.15 Å². The number of hydrogen-bond donors (Lipinski definition) is 1. The summed E-state index contributed by atoms with van der Waals surface area (Å²) in [5.41, 5.74) is 0.546. The molecule has 7 nitrogen and oxygen atoms in total. The van der Waals surface area contributed by atoms with Crippen molar-refractivity contribution in [3.8, 4) is 28.0 Å². The summed E-state index contributed by atoms with van der Waals surface area (Å²) in [6.07, 6.45) is 1.67. The number of furan rings is 1. The standard InChI is InChI=1S/C20H15FN4O3S/c1-12-6-7-16(28-12)19-23-14(20-22-8-9-29-20)10-17(25-19)24-18(26)11-27-15-5-3-2-4-13(15)21/h2-10H,11H2,1H3,(H,23,24,25,26). The van der Waals surface area contributed by atoms with Gasteiger partial charge in [0.05, 0.1) is 0 Å². The zero-order chi connectivity index (χ0) is 20.2. The van der Waals surface area contributed by atoms with Gasteiger partial charge in [0.25, 0.3) is 5.91 Å². The maximum Gasteiger partial charge on any atom is 0.263 e. The highest BCUT2D eigenvalue weighted by Gasteiger charge is 2.15. The van der Waals surface area contributed by atoms with Crippen molar-refractivity contribution in [1.82, 2.24) is 15.0 Å². The first-order valence-corrected chi connectivity index (χ1v) is 9.49. The molecule has 4 aromatic rings. The van der Waals surface area contributed by atoms with E-state index in [0.29, 0.717) is 28.0 Å². The quantitative estimate of drug-likeness (QED) is 0.509. The summed E-state index contributed by atoms with van der Waals surface area (Å²) >= 11 is 1.41. The Kier molecular flexibility index (Phi) is 5.30. The highest BCUT2D eigenvalue weighted by Crippen LogP contribution is 2.26. The number of para-hydroxylation sites is 1. The first kappa shape index (κ1) is 18.8. The number of nitrogens with one attached hydrogen (secondary N) is 1. The molecule has 4 rings (SSSR count). The second kappa shape index (κ2) is 8.19. The molecule has 146 valence electrons. The lowest BCUT2D eigenvalue weighted by Gasteiger charge is -2.09. The predicted molar refractivity (Wildman–Crippen MR) is 106 cm³/mol. The van der Waals surface area contributed by atoms with E-state index < -0.39 is 11.7 Å². The van der Waals surface area contributed by atoms with Crippen LogP contribution in [0.1, 0.15) is 5.76 Å². The largest absolute Gasteiger partial charge is 0.481 e. The Bertz CT molecular complexity index is 1140. The molecule has 0 aliphatic heterocycles. The summed E-state index contributed by atoms with van der Waals surface area (Å²) in [4.78, 5) is 25.4. The Morgan fingerprint density at radius 2 is 2.10 bits per heavy atom. The van der Waals surface area contributed by atoms with Crippen LogP contribution in [0.2, 0.25) is 0 Å².